The molecule has 5 rings (SSSR count). The van der Waals surface area contributed by atoms with Crippen LogP contribution in [0.3, 0.4) is 0 Å². The van der Waals surface area contributed by atoms with Gasteiger partial charge in [-0.1, -0.05) is 42.3 Å². The second-order valence-electron chi connectivity index (χ2n) is 10.2. The summed E-state index contributed by atoms with van der Waals surface area (Å²) < 4.78 is 11.0. The zero-order chi connectivity index (χ0) is 27.1. The molecule has 2 aromatic carbocycles. The number of rotatable bonds is 7. The smallest absolute Gasteiger partial charge is 0.240 e. The van der Waals surface area contributed by atoms with Crippen LogP contribution in [0.25, 0.3) is 0 Å². The Morgan fingerprint density at radius 2 is 1.63 bits per heavy atom. The molecule has 1 aromatic heterocycles. The summed E-state index contributed by atoms with van der Waals surface area (Å²) in [6, 6.07) is 14.3. The van der Waals surface area contributed by atoms with E-state index < -0.39 is 29.8 Å². The van der Waals surface area contributed by atoms with Crippen LogP contribution in [0.1, 0.15) is 64.2 Å². The molecule has 1 saturated carbocycles. The van der Waals surface area contributed by atoms with Gasteiger partial charge in [-0.2, -0.15) is 0 Å². The van der Waals surface area contributed by atoms with Crippen molar-refractivity contribution in [1.82, 2.24) is 4.90 Å². The van der Waals surface area contributed by atoms with Gasteiger partial charge in [-0.25, -0.2) is 0 Å². The summed E-state index contributed by atoms with van der Waals surface area (Å²) in [4.78, 5) is 43.2. The molecule has 1 aliphatic carbocycles. The lowest BCUT2D eigenvalue weighted by molar-refractivity contribution is -0.145. The molecule has 2 fully saturated rings. The highest BCUT2D eigenvalue weighted by molar-refractivity contribution is 6.30. The van der Waals surface area contributed by atoms with Crippen molar-refractivity contribution in [2.75, 3.05) is 7.11 Å². The summed E-state index contributed by atoms with van der Waals surface area (Å²) in [6.45, 7) is 3.53. The number of nitrogens with two attached hydrogens (primary N) is 1. The van der Waals surface area contributed by atoms with Crippen molar-refractivity contribution >= 4 is 29.2 Å². The Kier molecular flexibility index (Phi) is 7.05. The first-order valence-corrected chi connectivity index (χ1v) is 13.2. The van der Waals surface area contributed by atoms with Gasteiger partial charge in [-0.15, -0.1) is 0 Å². The Bertz CT molecular complexity index is 1360. The maximum absolute atomic E-state index is 14.4. The van der Waals surface area contributed by atoms with Gasteiger partial charge in [0, 0.05) is 16.9 Å². The molecule has 2 aliphatic rings. The SMILES string of the molecule is COc1ccc(C2C(C(=O)c3cc(C)oc3C)C(c3ccc(Cl)cc3)N(C(=O)C3CCC3)C2C(N)=O)cc1. The average molecular weight is 535 g/mol. The maximum atomic E-state index is 14.4. The van der Waals surface area contributed by atoms with Gasteiger partial charge >= 0.3 is 0 Å². The van der Waals surface area contributed by atoms with Gasteiger partial charge in [-0.05, 0) is 68.1 Å². The van der Waals surface area contributed by atoms with E-state index in [0.717, 1.165) is 30.4 Å². The van der Waals surface area contributed by atoms with Gasteiger partial charge in [0.2, 0.25) is 11.8 Å². The highest BCUT2D eigenvalue weighted by Gasteiger charge is 2.58. The van der Waals surface area contributed by atoms with Crippen LogP contribution in [-0.4, -0.2) is 35.6 Å². The van der Waals surface area contributed by atoms with E-state index in [9.17, 15) is 14.4 Å². The van der Waals surface area contributed by atoms with Crippen LogP contribution in [-0.2, 0) is 9.59 Å². The monoisotopic (exact) mass is 534 g/mol. The predicted molar refractivity (Wildman–Crippen MR) is 143 cm³/mol. The lowest BCUT2D eigenvalue weighted by Crippen LogP contribution is -2.49. The van der Waals surface area contributed by atoms with Gasteiger partial charge in [0.05, 0.1) is 24.6 Å². The van der Waals surface area contributed by atoms with Crippen molar-refractivity contribution in [3.05, 3.63) is 87.8 Å². The summed E-state index contributed by atoms with van der Waals surface area (Å²) >= 11 is 6.20. The van der Waals surface area contributed by atoms with Crippen LogP contribution in [0.2, 0.25) is 5.02 Å². The molecule has 2 N–H and O–H groups in total. The molecule has 198 valence electrons. The molecule has 1 aliphatic heterocycles. The maximum Gasteiger partial charge on any atom is 0.240 e. The number of furan rings is 1. The number of halogens is 1. The quantitative estimate of drug-likeness (QED) is 0.410. The molecule has 0 bridgehead atoms. The van der Waals surface area contributed by atoms with Crippen LogP contribution in [0.4, 0.5) is 0 Å². The van der Waals surface area contributed by atoms with E-state index in [1.54, 1.807) is 56.2 Å². The third-order valence-corrected chi connectivity index (χ3v) is 8.24. The zero-order valence-corrected chi connectivity index (χ0v) is 22.4. The molecule has 7 nitrogen and oxygen atoms in total. The van der Waals surface area contributed by atoms with E-state index in [4.69, 9.17) is 26.5 Å². The Morgan fingerprint density at radius 3 is 2.13 bits per heavy atom. The van der Waals surface area contributed by atoms with Crippen LogP contribution in [0, 0.1) is 25.7 Å². The molecule has 2 heterocycles. The Hall–Kier alpha value is -3.58. The van der Waals surface area contributed by atoms with Crippen LogP contribution >= 0.6 is 11.6 Å². The number of nitrogens with zero attached hydrogens (tertiary/aromatic N) is 1. The van der Waals surface area contributed by atoms with Crippen molar-refractivity contribution in [2.45, 2.75) is 51.1 Å². The van der Waals surface area contributed by atoms with E-state index in [0.29, 0.717) is 27.9 Å². The first kappa shape index (κ1) is 26.0. The number of ether oxygens (including phenoxy) is 1. The summed E-state index contributed by atoms with van der Waals surface area (Å²) in [6.07, 6.45) is 2.45. The van der Waals surface area contributed by atoms with E-state index in [1.807, 2.05) is 24.3 Å². The molecule has 2 amide bonds. The first-order valence-electron chi connectivity index (χ1n) is 12.8. The standard InChI is InChI=1S/C30H31ClN2O5/c1-16-15-23(17(2)38-16)28(34)25-24(18-9-13-22(37-3)14-10-18)27(29(32)35)33(30(36)20-5-4-6-20)26(25)19-7-11-21(31)12-8-19/h7-15,20,24-27H,4-6H2,1-3H3,(H2,32,35). The fourth-order valence-electron chi connectivity index (χ4n) is 5.97. The second-order valence-corrected chi connectivity index (χ2v) is 10.7. The fourth-order valence-corrected chi connectivity index (χ4v) is 6.10. The van der Waals surface area contributed by atoms with Crippen LogP contribution < -0.4 is 10.5 Å². The van der Waals surface area contributed by atoms with Gasteiger partial charge < -0.3 is 19.8 Å². The molecule has 0 spiro atoms. The van der Waals surface area contributed by atoms with Gasteiger partial charge in [0.1, 0.15) is 23.3 Å². The van der Waals surface area contributed by atoms with Crippen molar-refractivity contribution < 1.29 is 23.5 Å². The highest BCUT2D eigenvalue weighted by Crippen LogP contribution is 2.53. The third kappa shape index (κ3) is 4.49. The third-order valence-electron chi connectivity index (χ3n) is 7.99. The average Bonchev–Trinajstić information content (AvgIpc) is 3.40. The van der Waals surface area contributed by atoms with Crippen LogP contribution in [0.15, 0.2) is 59.0 Å². The fraction of sp³-hybridized carbons (Fsp3) is 0.367. The molecule has 4 atom stereocenters. The number of benzene rings is 2. The second kappa shape index (κ2) is 10.3. The number of hydrogen-bond acceptors (Lipinski definition) is 5. The summed E-state index contributed by atoms with van der Waals surface area (Å²) in [5.74, 6) is -0.904. The van der Waals surface area contributed by atoms with E-state index in [-0.39, 0.29) is 17.6 Å². The molecule has 38 heavy (non-hydrogen) atoms. The number of primary amides is 1. The molecule has 3 aromatic rings. The minimum absolute atomic E-state index is 0.145. The van der Waals surface area contributed by atoms with Gasteiger partial charge in [0.25, 0.3) is 0 Å². The molecule has 8 heteroatoms. The van der Waals surface area contributed by atoms with Crippen molar-refractivity contribution in [2.24, 2.45) is 17.6 Å². The Balaban J connectivity index is 1.74. The molecular formula is C30H31ClN2O5. The largest absolute Gasteiger partial charge is 0.497 e. The molecule has 4 unspecified atom stereocenters. The highest BCUT2D eigenvalue weighted by atomic mass is 35.5. The van der Waals surface area contributed by atoms with Crippen molar-refractivity contribution in [3.63, 3.8) is 0 Å². The first-order chi connectivity index (χ1) is 18.2. The Labute approximate surface area is 226 Å². The lowest BCUT2D eigenvalue weighted by Gasteiger charge is -2.36. The predicted octanol–water partition coefficient (Wildman–Crippen LogP) is 5.38. The number of likely N-dealkylation sites (tertiary alicyclic amines) is 1. The zero-order valence-electron chi connectivity index (χ0n) is 21.6. The number of Topliss-reactive ketones (excluding diaryl/α,β-unsaturated/α-hetero) is 1. The number of carbonyl (C=O) groups excluding carboxylic acids is 3. The topological polar surface area (TPSA) is 103 Å². The van der Waals surface area contributed by atoms with Crippen LogP contribution in [0.5, 0.6) is 5.75 Å². The van der Waals surface area contributed by atoms with Gasteiger partial charge in [-0.3, -0.25) is 14.4 Å². The van der Waals surface area contributed by atoms with E-state index >= 15 is 0 Å². The summed E-state index contributed by atoms with van der Waals surface area (Å²) in [7, 11) is 1.57. The van der Waals surface area contributed by atoms with Crippen molar-refractivity contribution in [1.29, 1.82) is 0 Å². The number of carbonyl (C=O) groups is 3. The minimum Gasteiger partial charge on any atom is -0.497 e. The summed E-state index contributed by atoms with van der Waals surface area (Å²) in [5.41, 5.74) is 7.95. The number of amides is 2. The number of methoxy groups -OCH3 is 1. The van der Waals surface area contributed by atoms with E-state index in [1.165, 1.54) is 0 Å². The number of aryl methyl sites for hydroxylation is 2. The molecule has 1 saturated heterocycles. The van der Waals surface area contributed by atoms with E-state index in [2.05, 4.69) is 0 Å². The lowest BCUT2D eigenvalue weighted by atomic mass is 9.76. The normalized spacial score (nSPS) is 23.2. The number of hydrogen-bond donors (Lipinski definition) is 1. The molecule has 0 radical (unpaired) electrons. The number of ketones is 1. The van der Waals surface area contributed by atoms with Crippen molar-refractivity contribution in [3.8, 4) is 5.75 Å². The minimum atomic E-state index is -1.01. The van der Waals surface area contributed by atoms with Gasteiger partial charge in [0.15, 0.2) is 5.78 Å². The summed E-state index contributed by atoms with van der Waals surface area (Å²) in [5, 5.41) is 0.533. The molecular weight excluding hydrogens is 504 g/mol. The Morgan fingerprint density at radius 1 is 1.00 bits per heavy atom.